The van der Waals surface area contributed by atoms with E-state index in [0.29, 0.717) is 36.1 Å². The van der Waals surface area contributed by atoms with E-state index in [2.05, 4.69) is 37.5 Å². The van der Waals surface area contributed by atoms with Gasteiger partial charge in [0.15, 0.2) is 0 Å². The van der Waals surface area contributed by atoms with Crippen molar-refractivity contribution in [1.82, 2.24) is 10.6 Å². The van der Waals surface area contributed by atoms with Crippen LogP contribution in [0.5, 0.6) is 0 Å². The summed E-state index contributed by atoms with van der Waals surface area (Å²) in [5, 5.41) is 6.40. The molecule has 0 aromatic rings. The van der Waals surface area contributed by atoms with Gasteiger partial charge in [0.05, 0.1) is 0 Å². The van der Waals surface area contributed by atoms with Gasteiger partial charge in [0.1, 0.15) is 0 Å². The third-order valence-electron chi connectivity index (χ3n) is 6.70. The Morgan fingerprint density at radius 3 is 2.46 bits per heavy atom. The summed E-state index contributed by atoms with van der Waals surface area (Å²) in [7, 11) is 0. The monoisotopic (exact) mass is 360 g/mol. The molecule has 0 aliphatic heterocycles. The summed E-state index contributed by atoms with van der Waals surface area (Å²) < 4.78 is 0. The lowest BCUT2D eigenvalue weighted by Gasteiger charge is -2.37. The van der Waals surface area contributed by atoms with Crippen molar-refractivity contribution in [3.05, 3.63) is 11.6 Å². The van der Waals surface area contributed by atoms with Crippen molar-refractivity contribution in [1.29, 1.82) is 0 Å². The minimum absolute atomic E-state index is 0.220. The Labute approximate surface area is 158 Å². The Morgan fingerprint density at radius 1 is 1.15 bits per heavy atom. The zero-order valence-electron chi connectivity index (χ0n) is 16.7. The second kappa shape index (κ2) is 8.58. The molecule has 26 heavy (non-hydrogen) atoms. The summed E-state index contributed by atoms with van der Waals surface area (Å²) >= 11 is 0. The number of carbonyl (C=O) groups excluding carboxylic acids is 2. The van der Waals surface area contributed by atoms with Crippen LogP contribution in [0.3, 0.4) is 0 Å². The van der Waals surface area contributed by atoms with Crippen LogP contribution >= 0.6 is 0 Å². The van der Waals surface area contributed by atoms with Crippen LogP contribution in [0.25, 0.3) is 0 Å². The summed E-state index contributed by atoms with van der Waals surface area (Å²) in [4.78, 5) is 24.5. The van der Waals surface area contributed by atoms with Crippen LogP contribution in [0.1, 0.15) is 72.1 Å². The van der Waals surface area contributed by atoms with Gasteiger partial charge in [-0.15, -0.1) is 0 Å². The zero-order chi connectivity index (χ0) is 18.7. The van der Waals surface area contributed by atoms with E-state index in [0.717, 1.165) is 38.6 Å². The quantitative estimate of drug-likeness (QED) is 0.678. The molecule has 0 aromatic carbocycles. The zero-order valence-corrected chi connectivity index (χ0v) is 16.7. The molecule has 2 saturated carbocycles. The number of nitrogens with one attached hydrogen (secondary N) is 2. The van der Waals surface area contributed by atoms with Crippen molar-refractivity contribution in [3.8, 4) is 0 Å². The highest BCUT2D eigenvalue weighted by Crippen LogP contribution is 2.39. The molecular formula is C22H36N2O2. The normalized spacial score (nSPS) is 29.5. The lowest BCUT2D eigenvalue weighted by atomic mass is 9.69. The Balaban J connectivity index is 1.56. The average molecular weight is 361 g/mol. The molecule has 0 aromatic heterocycles. The molecule has 0 spiro atoms. The van der Waals surface area contributed by atoms with Crippen LogP contribution in [-0.4, -0.2) is 24.4 Å². The van der Waals surface area contributed by atoms with Crippen molar-refractivity contribution in [3.63, 3.8) is 0 Å². The first-order valence-corrected chi connectivity index (χ1v) is 10.7. The highest BCUT2D eigenvalue weighted by molar-refractivity contribution is 5.80. The van der Waals surface area contributed by atoms with Crippen LogP contribution < -0.4 is 10.6 Å². The minimum Gasteiger partial charge on any atom is -0.355 e. The number of hydrogen-bond donors (Lipinski definition) is 2. The van der Waals surface area contributed by atoms with Gasteiger partial charge in [-0.3, -0.25) is 9.59 Å². The standard InChI is InChI=1S/C22H36N2O2/c1-14(2)20-11-17(12-21(25)24-19-6-4-5-7-19)15(3)10-18(20)13-23-22(26)16-8-9-16/h10,14,16-20H,4-9,11-13H2,1-3H3,(H,23,26)(H,24,25). The summed E-state index contributed by atoms with van der Waals surface area (Å²) in [6.45, 7) is 7.45. The van der Waals surface area contributed by atoms with E-state index in [1.54, 1.807) is 0 Å². The number of hydrogen-bond acceptors (Lipinski definition) is 2. The number of allylic oxidation sites excluding steroid dienone is 1. The molecule has 3 aliphatic carbocycles. The second-order valence-corrected chi connectivity index (χ2v) is 9.19. The van der Waals surface area contributed by atoms with Gasteiger partial charge in [0, 0.05) is 24.9 Å². The SMILES string of the molecule is CC1=CC(CNC(=O)C2CC2)C(C(C)C)CC1CC(=O)NC1CCCC1. The van der Waals surface area contributed by atoms with Gasteiger partial charge in [-0.05, 0) is 62.7 Å². The molecule has 4 heteroatoms. The summed E-state index contributed by atoms with van der Waals surface area (Å²) in [5.74, 6) is 2.55. The van der Waals surface area contributed by atoms with Crippen LogP contribution in [0.2, 0.25) is 0 Å². The van der Waals surface area contributed by atoms with Gasteiger partial charge in [0.2, 0.25) is 11.8 Å². The maximum atomic E-state index is 12.5. The predicted octanol–water partition coefficient (Wildman–Crippen LogP) is 3.82. The molecule has 2 fully saturated rings. The van der Waals surface area contributed by atoms with Crippen LogP contribution in [-0.2, 0) is 9.59 Å². The van der Waals surface area contributed by atoms with Gasteiger partial charge in [-0.25, -0.2) is 0 Å². The number of rotatable bonds is 7. The number of carbonyl (C=O) groups is 2. The molecule has 0 bridgehead atoms. The molecule has 3 atom stereocenters. The Morgan fingerprint density at radius 2 is 1.85 bits per heavy atom. The highest BCUT2D eigenvalue weighted by atomic mass is 16.2. The first-order valence-electron chi connectivity index (χ1n) is 10.7. The third-order valence-corrected chi connectivity index (χ3v) is 6.70. The summed E-state index contributed by atoms with van der Waals surface area (Å²) in [6, 6.07) is 0.404. The van der Waals surface area contributed by atoms with Crippen LogP contribution in [0, 0.1) is 29.6 Å². The fourth-order valence-electron chi connectivity index (χ4n) is 4.80. The molecule has 3 unspecified atom stereocenters. The molecule has 2 N–H and O–H groups in total. The molecule has 3 aliphatic rings. The molecule has 2 amide bonds. The first-order chi connectivity index (χ1) is 12.4. The molecular weight excluding hydrogens is 324 g/mol. The van der Waals surface area contributed by atoms with E-state index in [1.807, 2.05) is 0 Å². The maximum Gasteiger partial charge on any atom is 0.223 e. The van der Waals surface area contributed by atoms with Crippen LogP contribution in [0.4, 0.5) is 0 Å². The molecule has 146 valence electrons. The maximum absolute atomic E-state index is 12.5. The van der Waals surface area contributed by atoms with E-state index in [-0.39, 0.29) is 17.7 Å². The van der Waals surface area contributed by atoms with Gasteiger partial charge < -0.3 is 10.6 Å². The highest BCUT2D eigenvalue weighted by Gasteiger charge is 2.34. The Kier molecular flexibility index (Phi) is 6.42. The summed E-state index contributed by atoms with van der Waals surface area (Å²) in [5.41, 5.74) is 1.33. The van der Waals surface area contributed by atoms with Gasteiger partial charge in [-0.1, -0.05) is 38.3 Å². The lowest BCUT2D eigenvalue weighted by Crippen LogP contribution is -2.39. The topological polar surface area (TPSA) is 58.2 Å². The van der Waals surface area contributed by atoms with E-state index in [1.165, 1.54) is 18.4 Å². The average Bonchev–Trinajstić information content (AvgIpc) is 3.32. The van der Waals surface area contributed by atoms with Crippen molar-refractivity contribution < 1.29 is 9.59 Å². The van der Waals surface area contributed by atoms with Crippen LogP contribution in [0.15, 0.2) is 11.6 Å². The molecule has 4 nitrogen and oxygen atoms in total. The van der Waals surface area contributed by atoms with Gasteiger partial charge in [-0.2, -0.15) is 0 Å². The fourth-order valence-corrected chi connectivity index (χ4v) is 4.80. The van der Waals surface area contributed by atoms with E-state index in [9.17, 15) is 9.59 Å². The smallest absolute Gasteiger partial charge is 0.223 e. The minimum atomic E-state index is 0.220. The molecule has 0 radical (unpaired) electrons. The van der Waals surface area contributed by atoms with Crippen molar-refractivity contribution >= 4 is 11.8 Å². The Hall–Kier alpha value is -1.32. The number of amides is 2. The van der Waals surface area contributed by atoms with Crippen molar-refractivity contribution in [2.75, 3.05) is 6.54 Å². The molecule has 0 saturated heterocycles. The third kappa shape index (κ3) is 5.11. The fraction of sp³-hybridized carbons (Fsp3) is 0.818. The van der Waals surface area contributed by atoms with Crippen molar-refractivity contribution in [2.24, 2.45) is 29.6 Å². The predicted molar refractivity (Wildman–Crippen MR) is 104 cm³/mol. The van der Waals surface area contributed by atoms with E-state index >= 15 is 0 Å². The van der Waals surface area contributed by atoms with Gasteiger partial charge >= 0.3 is 0 Å². The summed E-state index contributed by atoms with van der Waals surface area (Å²) in [6.07, 6.45) is 10.9. The largest absolute Gasteiger partial charge is 0.355 e. The molecule has 0 heterocycles. The van der Waals surface area contributed by atoms with Gasteiger partial charge in [0.25, 0.3) is 0 Å². The molecule has 3 rings (SSSR count). The first kappa shape index (κ1) is 19.4. The van der Waals surface area contributed by atoms with E-state index < -0.39 is 0 Å². The second-order valence-electron chi connectivity index (χ2n) is 9.19. The van der Waals surface area contributed by atoms with Crippen molar-refractivity contribution in [2.45, 2.75) is 78.2 Å². The lowest BCUT2D eigenvalue weighted by molar-refractivity contribution is -0.123. The van der Waals surface area contributed by atoms with E-state index in [4.69, 9.17) is 0 Å². The Bertz CT molecular complexity index is 544.